The highest BCUT2D eigenvalue weighted by molar-refractivity contribution is 7.73. The van der Waals surface area contributed by atoms with Gasteiger partial charge in [-0.25, -0.2) is 14.5 Å². The van der Waals surface area contributed by atoms with E-state index in [1.165, 1.54) is 11.3 Å². The summed E-state index contributed by atoms with van der Waals surface area (Å²) in [4.78, 5) is 20.8. The van der Waals surface area contributed by atoms with Crippen LogP contribution in [0.1, 0.15) is 17.3 Å². The van der Waals surface area contributed by atoms with E-state index in [2.05, 4.69) is 25.2 Å². The molecule has 3 heterocycles. The third-order valence-electron chi connectivity index (χ3n) is 5.24. The van der Waals surface area contributed by atoms with Crippen molar-refractivity contribution in [2.24, 2.45) is 0 Å². The Morgan fingerprint density at radius 2 is 1.97 bits per heavy atom. The Morgan fingerprint density at radius 3 is 2.67 bits per heavy atom. The fraction of sp³-hybridized carbons (Fsp3) is 0.364. The average molecular weight is 487 g/mol. The highest BCUT2D eigenvalue weighted by Crippen LogP contribution is 2.28. The van der Waals surface area contributed by atoms with Crippen molar-refractivity contribution in [1.29, 1.82) is 0 Å². The summed E-state index contributed by atoms with van der Waals surface area (Å²) in [5, 5.41) is 8.67. The Morgan fingerprint density at radius 1 is 1.18 bits per heavy atom. The second-order valence-corrected chi connectivity index (χ2v) is 8.99. The highest BCUT2D eigenvalue weighted by atomic mass is 32.1. The van der Waals surface area contributed by atoms with Crippen molar-refractivity contribution in [3.8, 4) is 5.75 Å². The molecule has 174 valence electrons. The van der Waals surface area contributed by atoms with Crippen molar-refractivity contribution in [2.45, 2.75) is 13.6 Å². The van der Waals surface area contributed by atoms with Gasteiger partial charge in [-0.15, -0.1) is 5.10 Å². The van der Waals surface area contributed by atoms with Gasteiger partial charge in [-0.2, -0.15) is 0 Å². The zero-order chi connectivity index (χ0) is 23.2. The number of anilines is 3. The Balaban J connectivity index is 1.33. The van der Waals surface area contributed by atoms with Gasteiger partial charge in [0.15, 0.2) is 3.95 Å². The summed E-state index contributed by atoms with van der Waals surface area (Å²) in [7, 11) is 1.64. The molecule has 1 saturated heterocycles. The van der Waals surface area contributed by atoms with Gasteiger partial charge in [-0.3, -0.25) is 4.90 Å². The highest BCUT2D eigenvalue weighted by Gasteiger charge is 2.20. The maximum atomic E-state index is 11.8. The van der Waals surface area contributed by atoms with E-state index in [0.717, 1.165) is 48.6 Å². The normalized spacial score (nSPS) is 14.2. The lowest BCUT2D eigenvalue weighted by Gasteiger charge is -2.35. The summed E-state index contributed by atoms with van der Waals surface area (Å²) in [6.07, 6.45) is 1.57. The minimum absolute atomic E-state index is 0.346. The van der Waals surface area contributed by atoms with E-state index < -0.39 is 0 Å². The number of nitrogens with zero attached hydrogens (tertiary/aromatic N) is 5. The van der Waals surface area contributed by atoms with Crippen molar-refractivity contribution < 1.29 is 14.3 Å². The van der Waals surface area contributed by atoms with E-state index in [1.54, 1.807) is 26.3 Å². The Bertz CT molecular complexity index is 1140. The van der Waals surface area contributed by atoms with Crippen LogP contribution in [0.2, 0.25) is 0 Å². The topological polar surface area (TPSA) is 84.8 Å². The zero-order valence-electron chi connectivity index (χ0n) is 18.6. The molecule has 9 nitrogen and oxygen atoms in total. The lowest BCUT2D eigenvalue weighted by molar-refractivity contribution is 0.0526. The first kappa shape index (κ1) is 23.1. The number of carbonyl (C=O) groups excluding carboxylic acids is 1. The maximum Gasteiger partial charge on any atom is 0.339 e. The third kappa shape index (κ3) is 5.67. The molecule has 2 aromatic heterocycles. The van der Waals surface area contributed by atoms with E-state index >= 15 is 0 Å². The first-order valence-corrected chi connectivity index (χ1v) is 11.9. The summed E-state index contributed by atoms with van der Waals surface area (Å²) in [5.74, 6) is 1.27. The number of methoxy groups -OCH3 is 1. The molecule has 33 heavy (non-hydrogen) atoms. The number of esters is 1. The van der Waals surface area contributed by atoms with Gasteiger partial charge in [0.05, 0.1) is 31.6 Å². The molecule has 1 N–H and O–H groups in total. The first-order chi connectivity index (χ1) is 16.1. The summed E-state index contributed by atoms with van der Waals surface area (Å²) in [6, 6.07) is 11.3. The number of pyridine rings is 1. The molecule has 0 atom stereocenters. The molecular formula is C22H26N6O3S2. The van der Waals surface area contributed by atoms with Gasteiger partial charge in [0.25, 0.3) is 0 Å². The summed E-state index contributed by atoms with van der Waals surface area (Å²) < 4.78 is 13.0. The van der Waals surface area contributed by atoms with Crippen LogP contribution in [-0.4, -0.2) is 65.5 Å². The van der Waals surface area contributed by atoms with E-state index in [-0.39, 0.29) is 5.97 Å². The van der Waals surface area contributed by atoms with Crippen LogP contribution in [0.15, 0.2) is 42.6 Å². The number of nitrogens with one attached hydrogen (secondary N) is 1. The molecule has 0 unspecified atom stereocenters. The van der Waals surface area contributed by atoms with Gasteiger partial charge in [-0.05, 0) is 43.4 Å². The second kappa shape index (κ2) is 10.7. The van der Waals surface area contributed by atoms with Crippen LogP contribution in [0.5, 0.6) is 5.75 Å². The maximum absolute atomic E-state index is 11.8. The largest absolute Gasteiger partial charge is 0.495 e. The number of hydrogen-bond acceptors (Lipinski definition) is 10. The number of rotatable bonds is 8. The predicted molar refractivity (Wildman–Crippen MR) is 131 cm³/mol. The van der Waals surface area contributed by atoms with E-state index in [1.807, 2.05) is 35.0 Å². The fourth-order valence-corrected chi connectivity index (χ4v) is 4.53. The second-order valence-electron chi connectivity index (χ2n) is 7.37. The molecule has 11 heteroatoms. The van der Waals surface area contributed by atoms with Crippen molar-refractivity contribution in [2.75, 3.05) is 50.1 Å². The zero-order valence-corrected chi connectivity index (χ0v) is 20.2. The number of para-hydroxylation sites is 2. The van der Waals surface area contributed by atoms with Crippen molar-refractivity contribution in [3.05, 3.63) is 52.1 Å². The van der Waals surface area contributed by atoms with Crippen molar-refractivity contribution >= 4 is 46.2 Å². The van der Waals surface area contributed by atoms with Crippen LogP contribution in [0.4, 0.5) is 16.6 Å². The predicted octanol–water partition coefficient (Wildman–Crippen LogP) is 3.78. The Labute approximate surface area is 201 Å². The van der Waals surface area contributed by atoms with Crippen LogP contribution in [0.3, 0.4) is 0 Å². The Kier molecular flexibility index (Phi) is 7.53. The first-order valence-electron chi connectivity index (χ1n) is 10.7. The molecule has 1 aliphatic rings. The van der Waals surface area contributed by atoms with Crippen LogP contribution >= 0.6 is 23.6 Å². The number of ether oxygens (including phenoxy) is 2. The minimum Gasteiger partial charge on any atom is -0.495 e. The molecular weight excluding hydrogens is 460 g/mol. The average Bonchev–Trinajstić information content (AvgIpc) is 3.18. The molecule has 0 saturated carbocycles. The van der Waals surface area contributed by atoms with Gasteiger partial charge in [0, 0.05) is 32.4 Å². The molecule has 1 fully saturated rings. The van der Waals surface area contributed by atoms with Crippen LogP contribution in [0, 0.1) is 3.95 Å². The van der Waals surface area contributed by atoms with Gasteiger partial charge >= 0.3 is 5.97 Å². The van der Waals surface area contributed by atoms with E-state index in [9.17, 15) is 4.79 Å². The summed E-state index contributed by atoms with van der Waals surface area (Å²) in [5.41, 5.74) is 1.32. The molecule has 3 aromatic rings. The monoisotopic (exact) mass is 486 g/mol. The molecule has 0 radical (unpaired) electrons. The third-order valence-corrected chi connectivity index (χ3v) is 6.47. The lowest BCUT2D eigenvalue weighted by atomic mass is 10.2. The van der Waals surface area contributed by atoms with Gasteiger partial charge in [0.2, 0.25) is 5.13 Å². The summed E-state index contributed by atoms with van der Waals surface area (Å²) >= 11 is 6.97. The quantitative estimate of drug-likeness (QED) is 0.378. The van der Waals surface area contributed by atoms with E-state index in [4.69, 9.17) is 21.7 Å². The van der Waals surface area contributed by atoms with Crippen molar-refractivity contribution in [3.63, 3.8) is 0 Å². The minimum atomic E-state index is -0.346. The SMILES string of the molecule is CCOC(=O)c1ccc(N2CCN(Cn3nc(Nc4ccccc4OC)sc3=S)CC2)nc1. The molecule has 0 bridgehead atoms. The van der Waals surface area contributed by atoms with Gasteiger partial charge < -0.3 is 19.7 Å². The van der Waals surface area contributed by atoms with Crippen LogP contribution < -0.4 is 15.0 Å². The van der Waals surface area contributed by atoms with Crippen LogP contribution in [0.25, 0.3) is 0 Å². The number of carbonyl (C=O) groups is 1. The lowest BCUT2D eigenvalue weighted by Crippen LogP contribution is -2.47. The smallest absolute Gasteiger partial charge is 0.339 e. The standard InChI is InChI=1S/C22H26N6O3S2/c1-3-31-20(29)16-8-9-19(23-14-16)27-12-10-26(11-13-27)15-28-22(32)33-21(25-28)24-17-6-4-5-7-18(17)30-2/h4-9,14H,3,10-13,15H2,1-2H3,(H,24,25). The molecule has 0 spiro atoms. The van der Waals surface area contributed by atoms with Gasteiger partial charge in [0.1, 0.15) is 11.6 Å². The molecule has 1 aliphatic heterocycles. The van der Waals surface area contributed by atoms with Crippen LogP contribution in [-0.2, 0) is 11.4 Å². The number of piperazine rings is 1. The van der Waals surface area contributed by atoms with Crippen molar-refractivity contribution in [1.82, 2.24) is 19.7 Å². The summed E-state index contributed by atoms with van der Waals surface area (Å²) in [6.45, 7) is 6.14. The number of hydrogen-bond donors (Lipinski definition) is 1. The fourth-order valence-electron chi connectivity index (χ4n) is 3.53. The van der Waals surface area contributed by atoms with Gasteiger partial charge in [-0.1, -0.05) is 23.5 Å². The molecule has 1 aromatic carbocycles. The molecule has 0 aliphatic carbocycles. The number of benzene rings is 1. The molecule has 4 rings (SSSR count). The Hall–Kier alpha value is -3.02. The van der Waals surface area contributed by atoms with E-state index in [0.29, 0.717) is 22.8 Å². The molecule has 0 amide bonds. The number of aromatic nitrogens is 3.